The molecule has 0 fully saturated rings. The van der Waals surface area contributed by atoms with Crippen molar-refractivity contribution in [3.8, 4) is 0 Å². The van der Waals surface area contributed by atoms with Crippen LogP contribution in [0.5, 0.6) is 0 Å². The molecular weight excluding hydrogens is 704 g/mol. The van der Waals surface area contributed by atoms with Crippen molar-refractivity contribution >= 4 is 41.3 Å². The molecule has 0 unspecified atom stereocenters. The normalized spacial score (nSPS) is 13.0. The smallest absolute Gasteiger partial charge is 0.246 e. The molecule has 0 heterocycles. The molecule has 0 radical (unpaired) electrons. The molecule has 0 saturated carbocycles. The standard InChI is InChI=1S/C36H68N8O10/c1-27(43-50)35(4,5)40-17-12-30(13-18-41-36(6,7)28(2)44-51)11-16-39-33(48)25-54-26-34(49)42-31(24-45)10-8-9-15-38-32(47)14-20-52-22-23-53-21-19-37-29(3)46/h24,30-31,40-41,50-51H,8-23,25-26H2,1-7H3,(H,37,46)(H,38,47)(H,39,48)(H,42,49)/b43-27-,44-28-/t31-/m0/s1. The molecule has 0 aromatic carbocycles. The van der Waals surface area contributed by atoms with E-state index in [0.717, 1.165) is 12.8 Å². The fourth-order valence-electron chi connectivity index (χ4n) is 4.83. The number of oxime groups is 2. The van der Waals surface area contributed by atoms with E-state index in [1.54, 1.807) is 13.8 Å². The molecule has 0 bridgehead atoms. The minimum Gasteiger partial charge on any atom is -0.411 e. The Morgan fingerprint density at radius 2 is 1.17 bits per heavy atom. The van der Waals surface area contributed by atoms with E-state index in [4.69, 9.17) is 24.6 Å². The van der Waals surface area contributed by atoms with Gasteiger partial charge in [0.2, 0.25) is 23.6 Å². The summed E-state index contributed by atoms with van der Waals surface area (Å²) in [5.74, 6) is -0.924. The van der Waals surface area contributed by atoms with Gasteiger partial charge in [-0.2, -0.15) is 0 Å². The molecule has 0 aliphatic heterocycles. The van der Waals surface area contributed by atoms with Gasteiger partial charge >= 0.3 is 0 Å². The van der Waals surface area contributed by atoms with E-state index < -0.39 is 23.0 Å². The average Bonchev–Trinajstić information content (AvgIpc) is 3.12. The number of hydrogen-bond acceptors (Lipinski definition) is 14. The number of carbonyl (C=O) groups is 5. The van der Waals surface area contributed by atoms with Gasteiger partial charge in [0.25, 0.3) is 0 Å². The Kier molecular flexibility index (Phi) is 27.6. The van der Waals surface area contributed by atoms with Crippen LogP contribution in [-0.2, 0) is 38.2 Å². The van der Waals surface area contributed by atoms with Crippen molar-refractivity contribution in [1.29, 1.82) is 0 Å². The minimum absolute atomic E-state index is 0.115. The SMILES string of the molecule is CC(=O)NCCOCCOCCC(=O)NCCCC[C@@H](C=O)NC(=O)COCC(=O)NCCC(CCNC(C)(C)/C(C)=N\O)CCNC(C)(C)/C(C)=N\O. The summed E-state index contributed by atoms with van der Waals surface area (Å²) in [4.78, 5) is 58.9. The van der Waals surface area contributed by atoms with Crippen LogP contribution in [0.2, 0.25) is 0 Å². The summed E-state index contributed by atoms with van der Waals surface area (Å²) < 4.78 is 15.9. The first-order valence-corrected chi connectivity index (χ1v) is 18.7. The number of aldehydes is 1. The van der Waals surface area contributed by atoms with E-state index >= 15 is 0 Å². The second kappa shape index (κ2) is 29.6. The molecule has 18 heteroatoms. The molecule has 0 aromatic rings. The number of carbonyl (C=O) groups excluding carboxylic acids is 5. The number of unbranched alkanes of at least 4 members (excludes halogenated alkanes) is 1. The zero-order valence-electron chi connectivity index (χ0n) is 33.5. The van der Waals surface area contributed by atoms with Gasteiger partial charge in [0.1, 0.15) is 19.5 Å². The minimum atomic E-state index is -0.712. The molecule has 312 valence electrons. The lowest BCUT2D eigenvalue weighted by Crippen LogP contribution is -2.47. The summed E-state index contributed by atoms with van der Waals surface area (Å²) in [5, 5.41) is 42.6. The van der Waals surface area contributed by atoms with Gasteiger partial charge in [0.05, 0.1) is 55.0 Å². The predicted octanol–water partition coefficient (Wildman–Crippen LogP) is 0.872. The fourth-order valence-corrected chi connectivity index (χ4v) is 4.83. The summed E-state index contributed by atoms with van der Waals surface area (Å²) in [6.45, 7) is 15.9. The molecular formula is C36H68N8O10. The largest absolute Gasteiger partial charge is 0.411 e. The predicted molar refractivity (Wildman–Crippen MR) is 205 cm³/mol. The van der Waals surface area contributed by atoms with Gasteiger partial charge in [0.15, 0.2) is 0 Å². The third kappa shape index (κ3) is 26.1. The highest BCUT2D eigenvalue weighted by Gasteiger charge is 2.24. The number of amides is 4. The van der Waals surface area contributed by atoms with Crippen molar-refractivity contribution in [1.82, 2.24) is 31.9 Å². The van der Waals surface area contributed by atoms with Crippen LogP contribution in [0.25, 0.3) is 0 Å². The van der Waals surface area contributed by atoms with E-state index in [2.05, 4.69) is 42.2 Å². The number of nitrogens with one attached hydrogen (secondary N) is 6. The van der Waals surface area contributed by atoms with Crippen LogP contribution in [0, 0.1) is 5.92 Å². The molecule has 0 aliphatic carbocycles. The highest BCUT2D eigenvalue weighted by atomic mass is 16.5. The second-order valence-corrected chi connectivity index (χ2v) is 14.2. The molecule has 0 aromatic heterocycles. The number of ether oxygens (including phenoxy) is 3. The van der Waals surface area contributed by atoms with Gasteiger partial charge in [-0.15, -0.1) is 0 Å². The van der Waals surface area contributed by atoms with Crippen LogP contribution in [0.1, 0.15) is 93.4 Å². The Morgan fingerprint density at radius 3 is 1.72 bits per heavy atom. The zero-order chi connectivity index (χ0) is 40.8. The van der Waals surface area contributed by atoms with Gasteiger partial charge in [-0.05, 0) is 99.1 Å². The molecule has 18 nitrogen and oxygen atoms in total. The summed E-state index contributed by atoms with van der Waals surface area (Å²) in [7, 11) is 0. The van der Waals surface area contributed by atoms with E-state index in [0.29, 0.717) is 95.9 Å². The van der Waals surface area contributed by atoms with E-state index in [9.17, 15) is 24.0 Å². The Bertz CT molecular complexity index is 1130. The lowest BCUT2D eigenvalue weighted by molar-refractivity contribution is -0.132. The van der Waals surface area contributed by atoms with Crippen molar-refractivity contribution < 1.29 is 48.6 Å². The molecule has 1 atom stereocenters. The first-order valence-electron chi connectivity index (χ1n) is 18.7. The maximum atomic E-state index is 12.4. The first-order chi connectivity index (χ1) is 25.6. The zero-order valence-corrected chi connectivity index (χ0v) is 33.5. The van der Waals surface area contributed by atoms with Gasteiger partial charge in [-0.25, -0.2) is 0 Å². The molecule has 0 saturated heterocycles. The third-order valence-corrected chi connectivity index (χ3v) is 8.93. The summed E-state index contributed by atoms with van der Waals surface area (Å²) >= 11 is 0. The quantitative estimate of drug-likeness (QED) is 0.0152. The molecule has 54 heavy (non-hydrogen) atoms. The Hall–Kier alpha value is -3.71. The maximum absolute atomic E-state index is 12.4. The number of hydrogen-bond donors (Lipinski definition) is 8. The maximum Gasteiger partial charge on any atom is 0.246 e. The number of rotatable bonds is 33. The first kappa shape index (κ1) is 50.3. The molecule has 0 spiro atoms. The van der Waals surface area contributed by atoms with E-state index in [1.165, 1.54) is 6.92 Å². The second-order valence-electron chi connectivity index (χ2n) is 14.2. The van der Waals surface area contributed by atoms with Gasteiger partial charge in [-0.1, -0.05) is 10.3 Å². The monoisotopic (exact) mass is 773 g/mol. The fraction of sp³-hybridized carbons (Fsp3) is 0.806. The van der Waals surface area contributed by atoms with Gasteiger partial charge < -0.3 is 61.3 Å². The lowest BCUT2D eigenvalue weighted by atomic mass is 9.94. The highest BCUT2D eigenvalue weighted by molar-refractivity contribution is 5.90. The summed E-state index contributed by atoms with van der Waals surface area (Å²) in [6, 6.07) is -0.712. The average molecular weight is 773 g/mol. The Balaban J connectivity index is 4.34. The molecule has 8 N–H and O–H groups in total. The molecule has 0 rings (SSSR count). The highest BCUT2D eigenvalue weighted by Crippen LogP contribution is 2.15. The van der Waals surface area contributed by atoms with Crippen molar-refractivity contribution in [2.75, 3.05) is 72.4 Å². The molecule has 4 amide bonds. The van der Waals surface area contributed by atoms with E-state index in [1.807, 2.05) is 27.7 Å². The van der Waals surface area contributed by atoms with Crippen LogP contribution in [0.15, 0.2) is 10.3 Å². The van der Waals surface area contributed by atoms with Crippen LogP contribution in [0.3, 0.4) is 0 Å². The lowest BCUT2D eigenvalue weighted by Gasteiger charge is -2.28. The van der Waals surface area contributed by atoms with Gasteiger partial charge in [0, 0.05) is 33.0 Å². The topological polar surface area (TPSA) is 250 Å². The van der Waals surface area contributed by atoms with Crippen LogP contribution < -0.4 is 31.9 Å². The van der Waals surface area contributed by atoms with Crippen molar-refractivity contribution in [2.24, 2.45) is 16.2 Å². The third-order valence-electron chi connectivity index (χ3n) is 8.93. The van der Waals surface area contributed by atoms with Crippen molar-refractivity contribution in [3.63, 3.8) is 0 Å². The number of nitrogens with zero attached hydrogens (tertiary/aromatic N) is 2. The van der Waals surface area contributed by atoms with E-state index in [-0.39, 0.29) is 49.9 Å². The van der Waals surface area contributed by atoms with Crippen LogP contribution in [-0.4, -0.2) is 141 Å². The molecule has 0 aliphatic rings. The van der Waals surface area contributed by atoms with Gasteiger partial charge in [-0.3, -0.25) is 19.2 Å². The summed E-state index contributed by atoms with van der Waals surface area (Å²) in [6.07, 6.45) is 4.74. The van der Waals surface area contributed by atoms with Crippen molar-refractivity contribution in [2.45, 2.75) is 111 Å². The Morgan fingerprint density at radius 1 is 0.630 bits per heavy atom. The van der Waals surface area contributed by atoms with Crippen LogP contribution >= 0.6 is 0 Å². The Labute approximate surface area is 320 Å². The van der Waals surface area contributed by atoms with Crippen molar-refractivity contribution in [3.05, 3.63) is 0 Å². The summed E-state index contributed by atoms with van der Waals surface area (Å²) in [5.41, 5.74) is 0.169. The van der Waals surface area contributed by atoms with Crippen LogP contribution in [0.4, 0.5) is 0 Å².